The maximum atomic E-state index is 12.0. The van der Waals surface area contributed by atoms with Gasteiger partial charge in [0.1, 0.15) is 4.90 Å². The number of carbonyl (C=O) groups is 1. The Hall–Kier alpha value is -2.34. The molecule has 0 radical (unpaired) electrons. The Bertz CT molecular complexity index is 693. The molecule has 2 aromatic carbocycles. The molecular formula is C13H11NO4S. The summed E-state index contributed by atoms with van der Waals surface area (Å²) in [5, 5.41) is 0. The summed E-state index contributed by atoms with van der Waals surface area (Å²) in [7, 11) is -3.98. The van der Waals surface area contributed by atoms with Gasteiger partial charge in [-0.15, -0.1) is 0 Å². The SMILES string of the molecule is Nc1ccc(S(=O)(=O)Oc2ccccc2C=O)cc1. The highest BCUT2D eigenvalue weighted by Crippen LogP contribution is 2.22. The molecule has 0 atom stereocenters. The van der Waals surface area contributed by atoms with Gasteiger partial charge in [-0.2, -0.15) is 8.42 Å². The minimum atomic E-state index is -3.98. The number of rotatable bonds is 4. The van der Waals surface area contributed by atoms with Gasteiger partial charge in [0.05, 0.1) is 5.56 Å². The minimum absolute atomic E-state index is 0.00525. The van der Waals surface area contributed by atoms with Gasteiger partial charge >= 0.3 is 10.1 Å². The molecule has 0 spiro atoms. The molecule has 5 nitrogen and oxygen atoms in total. The van der Waals surface area contributed by atoms with Gasteiger partial charge in [-0.05, 0) is 36.4 Å². The zero-order chi connectivity index (χ0) is 13.9. The lowest BCUT2D eigenvalue weighted by Crippen LogP contribution is -2.10. The number of nitrogens with two attached hydrogens (primary N) is 1. The van der Waals surface area contributed by atoms with E-state index < -0.39 is 10.1 Å². The zero-order valence-corrected chi connectivity index (χ0v) is 10.6. The highest BCUT2D eigenvalue weighted by atomic mass is 32.2. The monoisotopic (exact) mass is 277 g/mol. The predicted molar refractivity (Wildman–Crippen MR) is 70.5 cm³/mol. The van der Waals surface area contributed by atoms with Crippen molar-refractivity contribution in [2.45, 2.75) is 4.90 Å². The number of hydrogen-bond donors (Lipinski definition) is 1. The largest absolute Gasteiger partial charge is 0.399 e. The number of benzene rings is 2. The first-order valence-corrected chi connectivity index (χ1v) is 6.78. The number of para-hydroxylation sites is 1. The first-order chi connectivity index (χ1) is 9.03. The summed E-state index contributed by atoms with van der Waals surface area (Å²) in [6, 6.07) is 11.7. The van der Waals surface area contributed by atoms with Crippen LogP contribution in [0.25, 0.3) is 0 Å². The molecule has 0 heterocycles. The Morgan fingerprint density at radius 3 is 2.26 bits per heavy atom. The molecule has 0 fully saturated rings. The smallest absolute Gasteiger partial charge is 0.339 e. The third-order valence-electron chi connectivity index (χ3n) is 2.41. The quantitative estimate of drug-likeness (QED) is 0.523. The molecule has 0 saturated heterocycles. The van der Waals surface area contributed by atoms with Crippen LogP contribution < -0.4 is 9.92 Å². The second kappa shape index (κ2) is 5.11. The van der Waals surface area contributed by atoms with Crippen LogP contribution in [0.1, 0.15) is 10.4 Å². The minimum Gasteiger partial charge on any atom is -0.399 e. The average Bonchev–Trinajstić information content (AvgIpc) is 2.39. The van der Waals surface area contributed by atoms with E-state index in [-0.39, 0.29) is 16.2 Å². The van der Waals surface area contributed by atoms with Crippen LogP contribution in [0.4, 0.5) is 5.69 Å². The van der Waals surface area contributed by atoms with Crippen molar-refractivity contribution in [2.24, 2.45) is 0 Å². The highest BCUT2D eigenvalue weighted by molar-refractivity contribution is 7.87. The first kappa shape index (κ1) is 13.1. The van der Waals surface area contributed by atoms with Crippen molar-refractivity contribution in [1.29, 1.82) is 0 Å². The van der Waals surface area contributed by atoms with E-state index >= 15 is 0 Å². The third-order valence-corrected chi connectivity index (χ3v) is 3.66. The molecule has 0 unspecified atom stereocenters. The van der Waals surface area contributed by atoms with Crippen molar-refractivity contribution < 1.29 is 17.4 Å². The third kappa shape index (κ3) is 2.92. The van der Waals surface area contributed by atoms with Crippen LogP contribution in [0.15, 0.2) is 53.4 Å². The summed E-state index contributed by atoms with van der Waals surface area (Å²) in [6.07, 6.45) is 0.536. The van der Waals surface area contributed by atoms with E-state index in [1.807, 2.05) is 0 Å². The van der Waals surface area contributed by atoms with E-state index in [1.54, 1.807) is 12.1 Å². The predicted octanol–water partition coefficient (Wildman–Crippen LogP) is 1.85. The molecule has 19 heavy (non-hydrogen) atoms. The van der Waals surface area contributed by atoms with Crippen LogP contribution in [-0.2, 0) is 10.1 Å². The van der Waals surface area contributed by atoms with Gasteiger partial charge in [-0.3, -0.25) is 4.79 Å². The van der Waals surface area contributed by atoms with E-state index in [9.17, 15) is 13.2 Å². The maximum absolute atomic E-state index is 12.0. The summed E-state index contributed by atoms with van der Waals surface area (Å²) in [5.41, 5.74) is 6.11. The molecule has 0 aliphatic heterocycles. The molecule has 98 valence electrons. The molecule has 0 aromatic heterocycles. The van der Waals surface area contributed by atoms with E-state index in [0.717, 1.165) is 0 Å². The number of carbonyl (C=O) groups excluding carboxylic acids is 1. The van der Waals surface area contributed by atoms with Gasteiger partial charge in [0, 0.05) is 5.69 Å². The van der Waals surface area contributed by atoms with E-state index in [2.05, 4.69) is 0 Å². The maximum Gasteiger partial charge on any atom is 0.339 e. The van der Waals surface area contributed by atoms with Crippen molar-refractivity contribution in [3.63, 3.8) is 0 Å². The summed E-state index contributed by atoms with van der Waals surface area (Å²) < 4.78 is 29.0. The second-order valence-electron chi connectivity index (χ2n) is 3.76. The van der Waals surface area contributed by atoms with Crippen LogP contribution >= 0.6 is 0 Å². The molecular weight excluding hydrogens is 266 g/mol. The summed E-state index contributed by atoms with van der Waals surface area (Å²) in [5.74, 6) is -0.00525. The molecule has 0 amide bonds. The fourth-order valence-electron chi connectivity index (χ4n) is 1.45. The van der Waals surface area contributed by atoms with E-state index in [1.165, 1.54) is 36.4 Å². The highest BCUT2D eigenvalue weighted by Gasteiger charge is 2.17. The standard InChI is InChI=1S/C13H11NO4S/c14-11-5-7-12(8-6-11)19(16,17)18-13-4-2-1-3-10(13)9-15/h1-9H,14H2. The van der Waals surface area contributed by atoms with Crippen LogP contribution in [0.3, 0.4) is 0 Å². The molecule has 2 N–H and O–H groups in total. The normalized spacial score (nSPS) is 10.9. The van der Waals surface area contributed by atoms with Crippen molar-refractivity contribution in [2.75, 3.05) is 5.73 Å². The van der Waals surface area contributed by atoms with Gasteiger partial charge < -0.3 is 9.92 Å². The lowest BCUT2D eigenvalue weighted by Gasteiger charge is -2.08. The summed E-state index contributed by atoms with van der Waals surface area (Å²) in [6.45, 7) is 0. The van der Waals surface area contributed by atoms with E-state index in [4.69, 9.17) is 9.92 Å². The molecule has 0 aliphatic carbocycles. The van der Waals surface area contributed by atoms with Gasteiger partial charge in [-0.25, -0.2) is 0 Å². The summed E-state index contributed by atoms with van der Waals surface area (Å²) >= 11 is 0. The Kier molecular flexibility index (Phi) is 3.52. The Balaban J connectivity index is 2.36. The van der Waals surface area contributed by atoms with Crippen LogP contribution in [0.2, 0.25) is 0 Å². The fourth-order valence-corrected chi connectivity index (χ4v) is 2.41. The van der Waals surface area contributed by atoms with Crippen molar-refractivity contribution in [3.05, 3.63) is 54.1 Å². The van der Waals surface area contributed by atoms with Crippen LogP contribution in [0, 0.1) is 0 Å². The van der Waals surface area contributed by atoms with Crippen molar-refractivity contribution >= 4 is 22.1 Å². The Morgan fingerprint density at radius 1 is 1.00 bits per heavy atom. The summed E-state index contributed by atoms with van der Waals surface area (Å²) in [4.78, 5) is 10.8. The average molecular weight is 277 g/mol. The van der Waals surface area contributed by atoms with Crippen molar-refractivity contribution in [3.8, 4) is 5.75 Å². The van der Waals surface area contributed by atoms with Gasteiger partial charge in [-0.1, -0.05) is 12.1 Å². The number of aldehydes is 1. The first-order valence-electron chi connectivity index (χ1n) is 5.37. The number of nitrogen functional groups attached to an aromatic ring is 1. The number of hydrogen-bond acceptors (Lipinski definition) is 5. The molecule has 0 saturated carbocycles. The lowest BCUT2D eigenvalue weighted by molar-refractivity contribution is 0.112. The second-order valence-corrected chi connectivity index (χ2v) is 5.31. The van der Waals surface area contributed by atoms with Crippen molar-refractivity contribution in [1.82, 2.24) is 0 Å². The zero-order valence-electron chi connectivity index (χ0n) is 9.81. The molecule has 0 aliphatic rings. The molecule has 6 heteroatoms. The van der Waals surface area contributed by atoms with Crippen LogP contribution in [-0.4, -0.2) is 14.7 Å². The molecule has 2 aromatic rings. The number of anilines is 1. The molecule has 0 bridgehead atoms. The van der Waals surface area contributed by atoms with Gasteiger partial charge in [0.15, 0.2) is 12.0 Å². The van der Waals surface area contributed by atoms with Gasteiger partial charge in [0.2, 0.25) is 0 Å². The Morgan fingerprint density at radius 2 is 1.63 bits per heavy atom. The Labute approximate surface area is 110 Å². The lowest BCUT2D eigenvalue weighted by atomic mass is 10.2. The van der Waals surface area contributed by atoms with Crippen LogP contribution in [0.5, 0.6) is 5.75 Å². The topological polar surface area (TPSA) is 86.5 Å². The fraction of sp³-hybridized carbons (Fsp3) is 0. The van der Waals surface area contributed by atoms with Gasteiger partial charge in [0.25, 0.3) is 0 Å². The molecule has 2 rings (SSSR count). The van der Waals surface area contributed by atoms with E-state index in [0.29, 0.717) is 12.0 Å².